The van der Waals surface area contributed by atoms with Crippen LogP contribution in [0.1, 0.15) is 0 Å². The molecule has 0 aliphatic carbocycles. The lowest BCUT2D eigenvalue weighted by Gasteiger charge is -2.38. The Morgan fingerprint density at radius 2 is 1.64 bits per heavy atom. The van der Waals surface area contributed by atoms with Gasteiger partial charge in [0.1, 0.15) is 0 Å². The van der Waals surface area contributed by atoms with Crippen molar-refractivity contribution in [2.24, 2.45) is 0 Å². The lowest BCUT2D eigenvalue weighted by Crippen LogP contribution is -2.57. The highest BCUT2D eigenvalue weighted by molar-refractivity contribution is 6.88. The maximum Gasteiger partial charge on any atom is 0.388 e. The zero-order valence-corrected chi connectivity index (χ0v) is 11.5. The zero-order chi connectivity index (χ0) is 11.0. The van der Waals surface area contributed by atoms with Crippen LogP contribution in [0, 0.1) is 0 Å². The fourth-order valence-corrected chi connectivity index (χ4v) is 10.4. The summed E-state index contributed by atoms with van der Waals surface area (Å²) in [6, 6.07) is 0. The van der Waals surface area contributed by atoms with Crippen molar-refractivity contribution in [3.63, 3.8) is 0 Å². The summed E-state index contributed by atoms with van der Waals surface area (Å²) in [5.74, 6) is 0. The van der Waals surface area contributed by atoms with Gasteiger partial charge < -0.3 is 12.3 Å². The van der Waals surface area contributed by atoms with Crippen molar-refractivity contribution >= 4 is 27.1 Å². The third-order valence-corrected chi connectivity index (χ3v) is 12.2. The molecule has 0 aromatic carbocycles. The fraction of sp³-hybridized carbons (Fsp3) is 0.600. The lowest BCUT2D eigenvalue weighted by atomic mass is 11.1. The number of hydrogen-bond donors (Lipinski definition) is 0. The number of halogens is 3. The summed E-state index contributed by atoms with van der Waals surface area (Å²) < 4.78 is 52.7. The first kappa shape index (κ1) is 12.1. The van der Waals surface area contributed by atoms with E-state index in [4.69, 9.17) is 12.3 Å². The molecule has 1 unspecified atom stereocenters. The molecule has 0 radical (unpaired) electrons. The third-order valence-electron chi connectivity index (χ3n) is 1.75. The van der Waals surface area contributed by atoms with Gasteiger partial charge in [-0.25, -0.2) is 4.39 Å². The van der Waals surface area contributed by atoms with Crippen LogP contribution in [0.4, 0.5) is 13.2 Å². The van der Waals surface area contributed by atoms with Gasteiger partial charge >= 0.3 is 23.2 Å². The first-order valence-corrected chi connectivity index (χ1v) is 10.2. The minimum absolute atomic E-state index is 1.28. The predicted molar refractivity (Wildman–Crippen MR) is 51.2 cm³/mol. The van der Waals surface area contributed by atoms with Gasteiger partial charge in [-0.2, -0.15) is 8.78 Å². The highest BCUT2D eigenvalue weighted by atomic mass is 28.5. The van der Waals surface area contributed by atoms with Gasteiger partial charge in [-0.3, -0.25) is 0 Å². The van der Waals surface area contributed by atoms with Gasteiger partial charge in [0.2, 0.25) is 5.45 Å². The van der Waals surface area contributed by atoms with Gasteiger partial charge in [0.15, 0.2) is 0 Å². The minimum atomic E-state index is -3.48. The molecule has 1 rings (SSSR count). The van der Waals surface area contributed by atoms with Crippen LogP contribution in [-0.2, 0) is 12.3 Å². The van der Waals surface area contributed by atoms with Crippen molar-refractivity contribution in [1.82, 2.24) is 0 Å². The lowest BCUT2D eigenvalue weighted by molar-refractivity contribution is 0.257. The van der Waals surface area contributed by atoms with Crippen molar-refractivity contribution < 1.29 is 25.5 Å². The molecule has 1 fully saturated rings. The molecule has 82 valence electrons. The molecule has 0 aromatic heterocycles. The fourth-order valence-electron chi connectivity index (χ4n) is 1.09. The molecule has 0 aromatic rings. The van der Waals surface area contributed by atoms with Crippen LogP contribution in [0.15, 0.2) is 11.5 Å². The summed E-state index contributed by atoms with van der Waals surface area (Å²) in [5, 5.41) is 0. The maximum atomic E-state index is 13.1. The number of hydrogen-bond acceptors (Lipinski definition) is 3. The van der Waals surface area contributed by atoms with Crippen LogP contribution in [0.2, 0.25) is 19.6 Å². The van der Waals surface area contributed by atoms with E-state index in [1.807, 2.05) is 0 Å². The SMILES string of the molecule is C[Si]1(C)O[SiH2]O[Si](C)(C(F)=C(F)F)O1. The first-order valence-electron chi connectivity index (χ1n) is 3.96. The Labute approximate surface area is 84.4 Å². The number of rotatable bonds is 1. The average Bonchev–Trinajstić information content (AvgIpc) is 2.00. The Morgan fingerprint density at radius 3 is 2.07 bits per heavy atom. The molecule has 1 heterocycles. The third kappa shape index (κ3) is 2.55. The molecule has 0 spiro atoms. The Balaban J connectivity index is 2.90. The molecule has 1 aliphatic rings. The second-order valence-corrected chi connectivity index (χ2v) is 11.9. The molecule has 0 saturated carbocycles. The Kier molecular flexibility index (Phi) is 3.38. The van der Waals surface area contributed by atoms with E-state index in [2.05, 4.69) is 0 Å². The van der Waals surface area contributed by atoms with E-state index >= 15 is 0 Å². The van der Waals surface area contributed by atoms with Crippen LogP contribution >= 0.6 is 0 Å². The van der Waals surface area contributed by atoms with Crippen LogP contribution < -0.4 is 0 Å². The van der Waals surface area contributed by atoms with E-state index in [0.29, 0.717) is 0 Å². The summed E-state index contributed by atoms with van der Waals surface area (Å²) in [5.41, 5.74) is -1.52. The summed E-state index contributed by atoms with van der Waals surface area (Å²) in [7, 11) is -7.30. The van der Waals surface area contributed by atoms with Gasteiger partial charge in [0.05, 0.1) is 0 Å². The van der Waals surface area contributed by atoms with Crippen molar-refractivity contribution in [3.8, 4) is 0 Å². The second kappa shape index (κ2) is 3.90. The summed E-state index contributed by atoms with van der Waals surface area (Å²) in [6.07, 6.45) is -2.35. The summed E-state index contributed by atoms with van der Waals surface area (Å²) in [6.45, 7) is 4.67. The molecule has 1 saturated heterocycles. The van der Waals surface area contributed by atoms with Gasteiger partial charge in [0.25, 0.3) is 10.0 Å². The van der Waals surface area contributed by atoms with E-state index in [0.717, 1.165) is 0 Å². The van der Waals surface area contributed by atoms with Gasteiger partial charge in [-0.05, 0) is 19.6 Å². The smallest absolute Gasteiger partial charge is 0.388 e. The van der Waals surface area contributed by atoms with E-state index < -0.39 is 38.7 Å². The highest BCUT2D eigenvalue weighted by Crippen LogP contribution is 2.30. The quantitative estimate of drug-likeness (QED) is 0.668. The highest BCUT2D eigenvalue weighted by Gasteiger charge is 2.50. The van der Waals surface area contributed by atoms with Crippen LogP contribution in [0.3, 0.4) is 0 Å². The summed E-state index contributed by atoms with van der Waals surface area (Å²) >= 11 is 0. The van der Waals surface area contributed by atoms with Crippen LogP contribution in [0.5, 0.6) is 0 Å². The van der Waals surface area contributed by atoms with Crippen molar-refractivity contribution in [3.05, 3.63) is 11.5 Å². The topological polar surface area (TPSA) is 27.7 Å². The molecule has 3 nitrogen and oxygen atoms in total. The molecule has 9 heteroatoms. The van der Waals surface area contributed by atoms with Crippen LogP contribution in [0.25, 0.3) is 0 Å². The van der Waals surface area contributed by atoms with Gasteiger partial charge in [0, 0.05) is 0 Å². The molecular formula is C5H11F3O3Si3. The van der Waals surface area contributed by atoms with E-state index in [1.54, 1.807) is 13.1 Å². The second-order valence-electron chi connectivity index (χ2n) is 3.43. The van der Waals surface area contributed by atoms with Crippen molar-refractivity contribution in [2.75, 3.05) is 0 Å². The normalized spacial score (nSPS) is 33.0. The Hall–Kier alpha value is 0.0606. The zero-order valence-electron chi connectivity index (χ0n) is 8.07. The molecular weight excluding hydrogens is 249 g/mol. The van der Waals surface area contributed by atoms with Crippen LogP contribution in [-0.4, -0.2) is 27.1 Å². The predicted octanol–water partition coefficient (Wildman–Crippen LogP) is 1.44. The molecule has 0 bridgehead atoms. The standard InChI is InChI=1S/C5H11F3O3Si3/c1-13(2)9-12-10-14(3,11-13)5(8)4(6)7/h12H2,1-3H3. The molecule has 0 N–H and O–H groups in total. The van der Waals surface area contributed by atoms with Gasteiger partial charge in [-0.1, -0.05) is 0 Å². The molecule has 1 aliphatic heterocycles. The van der Waals surface area contributed by atoms with Crippen molar-refractivity contribution in [2.45, 2.75) is 19.6 Å². The molecule has 1 atom stereocenters. The first-order chi connectivity index (χ1) is 6.27. The molecule has 0 amide bonds. The summed E-state index contributed by atoms with van der Waals surface area (Å²) in [4.78, 5) is 0. The largest absolute Gasteiger partial charge is 0.420 e. The molecule has 14 heavy (non-hydrogen) atoms. The average molecular weight is 260 g/mol. The van der Waals surface area contributed by atoms with Crippen molar-refractivity contribution in [1.29, 1.82) is 0 Å². The van der Waals surface area contributed by atoms with E-state index in [-0.39, 0.29) is 0 Å². The van der Waals surface area contributed by atoms with E-state index in [9.17, 15) is 13.2 Å². The Morgan fingerprint density at radius 1 is 1.07 bits per heavy atom. The van der Waals surface area contributed by atoms with Gasteiger partial charge in [-0.15, -0.1) is 0 Å². The minimum Gasteiger partial charge on any atom is -0.420 e. The van der Waals surface area contributed by atoms with E-state index in [1.165, 1.54) is 6.55 Å². The maximum absolute atomic E-state index is 13.1. The monoisotopic (exact) mass is 260 g/mol. The Bertz CT molecular complexity index is 268.